The lowest BCUT2D eigenvalue weighted by atomic mass is 9.78. The van der Waals surface area contributed by atoms with Gasteiger partial charge >= 0.3 is 6.16 Å². The number of carbonyl (C=O) groups is 2. The first kappa shape index (κ1) is 25.1. The van der Waals surface area contributed by atoms with Gasteiger partial charge in [-0.25, -0.2) is 4.79 Å². The summed E-state index contributed by atoms with van der Waals surface area (Å²) in [5, 5.41) is 3.11. The van der Waals surface area contributed by atoms with E-state index in [1.807, 2.05) is 6.07 Å². The number of hydrogen-bond donors (Lipinski definition) is 1. The van der Waals surface area contributed by atoms with Crippen LogP contribution in [-0.4, -0.2) is 44.0 Å². The second-order valence-corrected chi connectivity index (χ2v) is 8.88. The Morgan fingerprint density at radius 3 is 2.79 bits per heavy atom. The molecule has 1 aromatic rings. The van der Waals surface area contributed by atoms with E-state index < -0.39 is 11.7 Å². The van der Waals surface area contributed by atoms with Gasteiger partial charge in [-0.2, -0.15) is 0 Å². The number of benzene rings is 1. The van der Waals surface area contributed by atoms with Crippen molar-refractivity contribution in [2.24, 2.45) is 0 Å². The van der Waals surface area contributed by atoms with Gasteiger partial charge in [0.2, 0.25) is 0 Å². The highest BCUT2D eigenvalue weighted by atomic mass is 79.9. The van der Waals surface area contributed by atoms with Crippen LogP contribution in [0.15, 0.2) is 22.4 Å². The molecule has 2 atom stereocenters. The van der Waals surface area contributed by atoms with E-state index in [9.17, 15) is 9.59 Å². The van der Waals surface area contributed by atoms with Crippen molar-refractivity contribution in [3.05, 3.63) is 33.5 Å². The number of hydrogen-bond acceptors (Lipinski definition) is 6. The predicted molar refractivity (Wildman–Crippen MR) is 128 cm³/mol. The summed E-state index contributed by atoms with van der Waals surface area (Å²) in [5.41, 5.74) is 0.628. The van der Waals surface area contributed by atoms with Gasteiger partial charge in [0.1, 0.15) is 11.3 Å². The van der Waals surface area contributed by atoms with E-state index >= 15 is 0 Å². The molecule has 1 heterocycles. The summed E-state index contributed by atoms with van der Waals surface area (Å²) in [6, 6.07) is 3.58. The largest absolute Gasteiger partial charge is 0.513 e. The van der Waals surface area contributed by atoms with Gasteiger partial charge in [-0.3, -0.25) is 4.79 Å². The van der Waals surface area contributed by atoms with E-state index in [0.29, 0.717) is 35.2 Å². The van der Waals surface area contributed by atoms with Crippen LogP contribution in [0.25, 0.3) is 5.57 Å². The van der Waals surface area contributed by atoms with Crippen LogP contribution in [0.2, 0.25) is 0 Å². The number of nitrogens with one attached hydrogen (secondary N) is 1. The third-order valence-electron chi connectivity index (χ3n) is 5.75. The number of amides is 1. The van der Waals surface area contributed by atoms with Gasteiger partial charge in [0, 0.05) is 28.6 Å². The molecule has 0 saturated heterocycles. The molecule has 1 amide bonds. The van der Waals surface area contributed by atoms with Crippen molar-refractivity contribution < 1.29 is 28.5 Å². The van der Waals surface area contributed by atoms with Crippen molar-refractivity contribution in [1.82, 2.24) is 5.32 Å². The van der Waals surface area contributed by atoms with Crippen LogP contribution in [0.4, 0.5) is 4.79 Å². The molecular formula is C25H30BrNO6. The molecule has 0 aromatic heterocycles. The maximum atomic E-state index is 13.4. The Balaban J connectivity index is 2.16. The van der Waals surface area contributed by atoms with E-state index in [1.165, 1.54) is 7.11 Å². The minimum Gasteiger partial charge on any atom is -0.496 e. The summed E-state index contributed by atoms with van der Waals surface area (Å²) in [6.45, 7) is 6.30. The second kappa shape index (κ2) is 11.1. The minimum absolute atomic E-state index is 0.0494. The molecule has 0 bridgehead atoms. The fraction of sp³-hybridized carbons (Fsp3) is 0.520. The van der Waals surface area contributed by atoms with Gasteiger partial charge in [-0.05, 0) is 67.6 Å². The molecule has 1 aliphatic carbocycles. The van der Waals surface area contributed by atoms with Crippen molar-refractivity contribution in [2.75, 3.05) is 20.3 Å². The van der Waals surface area contributed by atoms with Crippen molar-refractivity contribution in [1.29, 1.82) is 0 Å². The molecule has 1 aliphatic heterocycles. The Morgan fingerprint density at radius 1 is 1.33 bits per heavy atom. The summed E-state index contributed by atoms with van der Waals surface area (Å²) in [6.07, 6.45) is 2.85. The van der Waals surface area contributed by atoms with E-state index in [2.05, 4.69) is 40.0 Å². The molecule has 1 saturated carbocycles. The summed E-state index contributed by atoms with van der Waals surface area (Å²) in [5.74, 6) is 6.22. The quantitative estimate of drug-likeness (QED) is 0.405. The third kappa shape index (κ3) is 5.36. The SMILES string of the molecule is CC#Cc1cc(Br)c(C2=C(OC(=O)OCC)C3(CCCC(OCCC)C3)NC2=O)c(OC)c1. The van der Waals surface area contributed by atoms with Crippen LogP contribution in [0.5, 0.6) is 5.75 Å². The molecule has 0 radical (unpaired) electrons. The lowest BCUT2D eigenvalue weighted by Gasteiger charge is -2.38. The summed E-state index contributed by atoms with van der Waals surface area (Å²) in [4.78, 5) is 25.8. The van der Waals surface area contributed by atoms with Gasteiger partial charge < -0.3 is 24.3 Å². The monoisotopic (exact) mass is 519 g/mol. The minimum atomic E-state index is -0.859. The van der Waals surface area contributed by atoms with Crippen molar-refractivity contribution >= 4 is 33.6 Å². The average Bonchev–Trinajstić information content (AvgIpc) is 3.02. The zero-order valence-electron chi connectivity index (χ0n) is 19.5. The first-order valence-electron chi connectivity index (χ1n) is 11.2. The number of rotatable bonds is 7. The van der Waals surface area contributed by atoms with E-state index in [1.54, 1.807) is 19.9 Å². The molecular weight excluding hydrogens is 490 g/mol. The number of halogens is 1. The summed E-state index contributed by atoms with van der Waals surface area (Å²) >= 11 is 3.57. The molecule has 1 spiro atoms. The van der Waals surface area contributed by atoms with Gasteiger partial charge in [-0.1, -0.05) is 12.8 Å². The Bertz CT molecular complexity index is 1010. The lowest BCUT2D eigenvalue weighted by Crippen LogP contribution is -2.50. The standard InChI is InChI=1S/C25H30BrNO6/c1-5-9-16-13-18(26)20(19(14-16)30-4)21-22(33-24(29)31-7-3)25(27-23(21)28)11-8-10-17(15-25)32-12-6-2/h13-14,17H,6-8,10-12,15H2,1-4H3,(H,27,28). The molecule has 3 rings (SSSR count). The highest BCUT2D eigenvalue weighted by molar-refractivity contribution is 9.10. The van der Waals surface area contributed by atoms with E-state index in [-0.39, 0.29) is 30.0 Å². The maximum Gasteiger partial charge on any atom is 0.513 e. The first-order valence-corrected chi connectivity index (χ1v) is 12.0. The molecule has 33 heavy (non-hydrogen) atoms. The van der Waals surface area contributed by atoms with Crippen LogP contribution in [-0.2, 0) is 19.0 Å². The smallest absolute Gasteiger partial charge is 0.496 e. The fourth-order valence-corrected chi connectivity index (χ4v) is 5.10. The van der Waals surface area contributed by atoms with Gasteiger partial charge in [0.05, 0.1) is 25.4 Å². The third-order valence-corrected chi connectivity index (χ3v) is 6.37. The Labute approximate surface area is 203 Å². The molecule has 8 heteroatoms. The second-order valence-electron chi connectivity index (χ2n) is 8.02. The highest BCUT2D eigenvalue weighted by Gasteiger charge is 2.51. The molecule has 1 aromatic carbocycles. The van der Waals surface area contributed by atoms with Crippen LogP contribution >= 0.6 is 15.9 Å². The molecule has 1 fully saturated rings. The zero-order valence-corrected chi connectivity index (χ0v) is 21.1. The molecule has 2 unspecified atom stereocenters. The first-order chi connectivity index (χ1) is 15.9. The van der Waals surface area contributed by atoms with Crippen LogP contribution < -0.4 is 10.1 Å². The highest BCUT2D eigenvalue weighted by Crippen LogP contribution is 2.47. The fourth-order valence-electron chi connectivity index (χ4n) is 4.46. The van der Waals surface area contributed by atoms with Crippen LogP contribution in [0.3, 0.4) is 0 Å². The van der Waals surface area contributed by atoms with Crippen LogP contribution in [0.1, 0.15) is 64.0 Å². The Kier molecular flexibility index (Phi) is 8.44. The van der Waals surface area contributed by atoms with Crippen molar-refractivity contribution in [3.8, 4) is 17.6 Å². The Hall–Kier alpha value is -2.50. The van der Waals surface area contributed by atoms with E-state index in [4.69, 9.17) is 18.9 Å². The molecule has 1 N–H and O–H groups in total. The van der Waals surface area contributed by atoms with Crippen molar-refractivity contribution in [2.45, 2.75) is 64.5 Å². The van der Waals surface area contributed by atoms with Gasteiger partial charge in [-0.15, -0.1) is 5.92 Å². The Morgan fingerprint density at radius 2 is 2.12 bits per heavy atom. The predicted octanol–water partition coefficient (Wildman–Crippen LogP) is 4.95. The van der Waals surface area contributed by atoms with E-state index in [0.717, 1.165) is 24.8 Å². The number of ether oxygens (including phenoxy) is 4. The average molecular weight is 520 g/mol. The zero-order chi connectivity index (χ0) is 24.0. The topological polar surface area (TPSA) is 83.1 Å². The van der Waals surface area contributed by atoms with Gasteiger partial charge in [0.15, 0.2) is 5.76 Å². The van der Waals surface area contributed by atoms with Crippen LogP contribution in [0, 0.1) is 11.8 Å². The van der Waals surface area contributed by atoms with Crippen molar-refractivity contribution in [3.63, 3.8) is 0 Å². The molecule has 2 aliphatic rings. The molecule has 7 nitrogen and oxygen atoms in total. The maximum absolute atomic E-state index is 13.4. The molecule has 178 valence electrons. The number of methoxy groups -OCH3 is 1. The summed E-state index contributed by atoms with van der Waals surface area (Å²) in [7, 11) is 1.53. The lowest BCUT2D eigenvalue weighted by molar-refractivity contribution is -0.117. The number of carbonyl (C=O) groups excluding carboxylic acids is 2. The summed E-state index contributed by atoms with van der Waals surface area (Å²) < 4.78 is 23.0. The van der Waals surface area contributed by atoms with Gasteiger partial charge in [0.25, 0.3) is 5.91 Å². The normalized spacial score (nSPS) is 22.0.